The number of carbonyl (C=O) groups excluding carboxylic acids is 1. The summed E-state index contributed by atoms with van der Waals surface area (Å²) in [6, 6.07) is 7.18. The first-order valence-electron chi connectivity index (χ1n) is 5.64. The van der Waals surface area contributed by atoms with Gasteiger partial charge in [0.25, 0.3) is 0 Å². The number of hydrogen-bond acceptors (Lipinski definition) is 4. The molecule has 4 nitrogen and oxygen atoms in total. The number of benzene rings is 1. The summed E-state index contributed by atoms with van der Waals surface area (Å²) in [5.74, 6) is 2.85. The molecule has 0 aliphatic heterocycles. The van der Waals surface area contributed by atoms with Crippen LogP contribution in [0.2, 0.25) is 0 Å². The van der Waals surface area contributed by atoms with Crippen molar-refractivity contribution < 1.29 is 14.3 Å². The van der Waals surface area contributed by atoms with Gasteiger partial charge in [-0.2, -0.15) is 0 Å². The highest BCUT2D eigenvalue weighted by Crippen LogP contribution is 2.17. The van der Waals surface area contributed by atoms with Crippen LogP contribution in [0.15, 0.2) is 24.3 Å². The molecule has 1 rings (SSSR count). The lowest BCUT2D eigenvalue weighted by atomic mass is 10.2. The number of para-hydroxylation sites is 1. The molecule has 96 valence electrons. The second-order valence-corrected chi connectivity index (χ2v) is 3.73. The smallest absolute Gasteiger partial charge is 0.322 e. The fraction of sp³-hybridized carbons (Fsp3) is 0.357. The maximum atomic E-state index is 11.2. The number of carbonyl (C=O) groups is 1. The molecule has 0 saturated carbocycles. The number of esters is 1. The minimum absolute atomic E-state index is 0.226. The van der Waals surface area contributed by atoms with Crippen molar-refractivity contribution in [2.45, 2.75) is 19.5 Å². The van der Waals surface area contributed by atoms with E-state index < -0.39 is 0 Å². The third-order valence-corrected chi connectivity index (χ3v) is 2.44. The van der Waals surface area contributed by atoms with Crippen LogP contribution in [0.5, 0.6) is 5.75 Å². The van der Waals surface area contributed by atoms with Gasteiger partial charge < -0.3 is 14.8 Å². The molecule has 18 heavy (non-hydrogen) atoms. The molecular weight excluding hydrogens is 230 g/mol. The Labute approximate surface area is 107 Å². The second-order valence-electron chi connectivity index (χ2n) is 3.73. The van der Waals surface area contributed by atoms with Crippen molar-refractivity contribution >= 4 is 5.97 Å². The summed E-state index contributed by atoms with van der Waals surface area (Å²) in [6.07, 6.45) is 5.15. The third-order valence-electron chi connectivity index (χ3n) is 2.44. The van der Waals surface area contributed by atoms with Gasteiger partial charge in [0.1, 0.15) is 18.4 Å². The van der Waals surface area contributed by atoms with E-state index in [0.717, 1.165) is 11.3 Å². The van der Waals surface area contributed by atoms with E-state index in [2.05, 4.69) is 16.0 Å². The van der Waals surface area contributed by atoms with Gasteiger partial charge in [-0.15, -0.1) is 6.42 Å². The minimum Gasteiger partial charge on any atom is -0.481 e. The molecule has 0 bridgehead atoms. The molecule has 0 spiro atoms. The van der Waals surface area contributed by atoms with E-state index in [1.54, 1.807) is 6.92 Å². The van der Waals surface area contributed by atoms with Gasteiger partial charge in [0.2, 0.25) is 0 Å². The van der Waals surface area contributed by atoms with Crippen LogP contribution < -0.4 is 10.1 Å². The van der Waals surface area contributed by atoms with Crippen molar-refractivity contribution in [2.24, 2.45) is 0 Å². The molecule has 0 amide bonds. The highest BCUT2D eigenvalue weighted by Gasteiger charge is 2.12. The molecular formula is C14H17NO3. The van der Waals surface area contributed by atoms with Crippen LogP contribution in [-0.2, 0) is 16.1 Å². The molecule has 0 aromatic heterocycles. The first kappa shape index (κ1) is 14.1. The monoisotopic (exact) mass is 247 g/mol. The average Bonchev–Trinajstić information content (AvgIpc) is 2.42. The molecule has 1 aromatic rings. The Morgan fingerprint density at radius 3 is 2.89 bits per heavy atom. The van der Waals surface area contributed by atoms with Crippen LogP contribution in [0.4, 0.5) is 0 Å². The SMILES string of the molecule is C#CCOc1ccccc1CN[C@H](C)C(=O)OC. The van der Waals surface area contributed by atoms with Gasteiger partial charge in [-0.3, -0.25) is 4.79 Å². The van der Waals surface area contributed by atoms with Crippen molar-refractivity contribution in [1.29, 1.82) is 0 Å². The van der Waals surface area contributed by atoms with E-state index in [-0.39, 0.29) is 18.6 Å². The lowest BCUT2D eigenvalue weighted by molar-refractivity contribution is -0.142. The number of ether oxygens (including phenoxy) is 2. The van der Waals surface area contributed by atoms with Gasteiger partial charge in [0, 0.05) is 12.1 Å². The zero-order valence-electron chi connectivity index (χ0n) is 10.6. The van der Waals surface area contributed by atoms with Gasteiger partial charge in [-0.25, -0.2) is 0 Å². The number of methoxy groups -OCH3 is 1. The van der Waals surface area contributed by atoms with Gasteiger partial charge in [-0.1, -0.05) is 24.1 Å². The molecule has 1 N–H and O–H groups in total. The van der Waals surface area contributed by atoms with Crippen molar-refractivity contribution in [3.05, 3.63) is 29.8 Å². The topological polar surface area (TPSA) is 47.6 Å². The number of hydrogen-bond donors (Lipinski definition) is 1. The lowest BCUT2D eigenvalue weighted by Gasteiger charge is -2.13. The number of rotatable bonds is 6. The molecule has 4 heteroatoms. The van der Waals surface area contributed by atoms with Crippen LogP contribution in [0.1, 0.15) is 12.5 Å². The Hall–Kier alpha value is -1.99. The summed E-state index contributed by atoms with van der Waals surface area (Å²) in [4.78, 5) is 11.2. The molecule has 0 unspecified atom stereocenters. The highest BCUT2D eigenvalue weighted by atomic mass is 16.5. The van der Waals surface area contributed by atoms with Gasteiger partial charge in [0.05, 0.1) is 7.11 Å². The summed E-state index contributed by atoms with van der Waals surface area (Å²) in [7, 11) is 1.37. The zero-order chi connectivity index (χ0) is 13.4. The normalized spacial score (nSPS) is 11.4. The summed E-state index contributed by atoms with van der Waals surface area (Å²) in [5, 5.41) is 3.06. The van der Waals surface area contributed by atoms with Crippen LogP contribution >= 0.6 is 0 Å². The fourth-order valence-corrected chi connectivity index (χ4v) is 1.43. The highest BCUT2D eigenvalue weighted by molar-refractivity contribution is 5.75. The molecule has 0 radical (unpaired) electrons. The Balaban J connectivity index is 2.61. The van der Waals surface area contributed by atoms with E-state index in [9.17, 15) is 4.79 Å². The molecule has 0 aliphatic rings. The largest absolute Gasteiger partial charge is 0.481 e. The molecule has 0 heterocycles. The molecule has 1 atom stereocenters. The van der Waals surface area contributed by atoms with Gasteiger partial charge in [-0.05, 0) is 13.0 Å². The Morgan fingerprint density at radius 1 is 1.50 bits per heavy atom. The van der Waals surface area contributed by atoms with E-state index in [4.69, 9.17) is 11.2 Å². The third kappa shape index (κ3) is 4.11. The van der Waals surface area contributed by atoms with Gasteiger partial charge >= 0.3 is 5.97 Å². The standard InChI is InChI=1S/C14H17NO3/c1-4-9-18-13-8-6-5-7-12(13)10-15-11(2)14(16)17-3/h1,5-8,11,15H,9-10H2,2-3H3/t11-/m1/s1. The predicted octanol–water partition coefficient (Wildman–Crippen LogP) is 1.35. The van der Waals surface area contributed by atoms with Crippen molar-refractivity contribution in [3.8, 4) is 18.1 Å². The van der Waals surface area contributed by atoms with E-state index >= 15 is 0 Å². The Bertz CT molecular complexity index is 437. The summed E-state index contributed by atoms with van der Waals surface area (Å²) >= 11 is 0. The average molecular weight is 247 g/mol. The maximum Gasteiger partial charge on any atom is 0.322 e. The van der Waals surface area contributed by atoms with E-state index in [1.807, 2.05) is 24.3 Å². The fourth-order valence-electron chi connectivity index (χ4n) is 1.43. The molecule has 0 saturated heterocycles. The second kappa shape index (κ2) is 7.36. The number of terminal acetylenes is 1. The Kier molecular flexibility index (Phi) is 5.75. The van der Waals surface area contributed by atoms with Crippen molar-refractivity contribution in [2.75, 3.05) is 13.7 Å². The van der Waals surface area contributed by atoms with Crippen molar-refractivity contribution in [1.82, 2.24) is 5.32 Å². The molecule has 1 aromatic carbocycles. The molecule has 0 fully saturated rings. The summed E-state index contributed by atoms with van der Waals surface area (Å²) in [6.45, 7) is 2.48. The van der Waals surface area contributed by atoms with Crippen molar-refractivity contribution in [3.63, 3.8) is 0 Å². The Morgan fingerprint density at radius 2 is 2.22 bits per heavy atom. The predicted molar refractivity (Wildman–Crippen MR) is 69.1 cm³/mol. The molecule has 0 aliphatic carbocycles. The maximum absolute atomic E-state index is 11.2. The van der Waals surface area contributed by atoms with E-state index in [1.165, 1.54) is 7.11 Å². The summed E-state index contributed by atoms with van der Waals surface area (Å²) in [5.41, 5.74) is 0.948. The van der Waals surface area contributed by atoms with Crippen LogP contribution in [0, 0.1) is 12.3 Å². The number of nitrogens with one attached hydrogen (secondary N) is 1. The van der Waals surface area contributed by atoms with Crippen LogP contribution in [0.3, 0.4) is 0 Å². The minimum atomic E-state index is -0.365. The first-order chi connectivity index (χ1) is 8.69. The van der Waals surface area contributed by atoms with E-state index in [0.29, 0.717) is 6.54 Å². The summed E-state index contributed by atoms with van der Waals surface area (Å²) < 4.78 is 10.0. The first-order valence-corrected chi connectivity index (χ1v) is 5.64. The van der Waals surface area contributed by atoms with Crippen LogP contribution in [-0.4, -0.2) is 25.7 Å². The lowest BCUT2D eigenvalue weighted by Crippen LogP contribution is -2.34. The quantitative estimate of drug-likeness (QED) is 0.609. The van der Waals surface area contributed by atoms with Crippen LogP contribution in [0.25, 0.3) is 0 Å². The zero-order valence-corrected chi connectivity index (χ0v) is 10.6. The van der Waals surface area contributed by atoms with Gasteiger partial charge in [0.15, 0.2) is 0 Å².